The van der Waals surface area contributed by atoms with Crippen LogP contribution in [0.5, 0.6) is 0 Å². The molecule has 1 aromatic rings. The van der Waals surface area contributed by atoms with Gasteiger partial charge in [-0.1, -0.05) is 0 Å². The first-order valence-corrected chi connectivity index (χ1v) is 5.60. The van der Waals surface area contributed by atoms with Crippen LogP contribution < -0.4 is 11.5 Å². The second-order valence-electron chi connectivity index (χ2n) is 4.04. The Kier molecular flexibility index (Phi) is 5.76. The van der Waals surface area contributed by atoms with Crippen LogP contribution in [0.3, 0.4) is 0 Å². The van der Waals surface area contributed by atoms with E-state index in [0.717, 1.165) is 18.8 Å². The maximum Gasteiger partial charge on any atom is 0.185 e. The molecule has 1 aliphatic rings. The highest BCUT2D eigenvalue weighted by atomic mass is 127. The van der Waals surface area contributed by atoms with Gasteiger partial charge in [-0.3, -0.25) is 9.89 Å². The van der Waals surface area contributed by atoms with Gasteiger partial charge in [-0.2, -0.15) is 0 Å². The predicted octanol–water partition coefficient (Wildman–Crippen LogP) is 1.31. The Hall–Kier alpha value is -0.760. The number of nitrogens with two attached hydrogens (primary N) is 2. The molecule has 0 aromatic carbocycles. The molecule has 1 aliphatic heterocycles. The lowest BCUT2D eigenvalue weighted by molar-refractivity contribution is 0.221. The average molecular weight is 350 g/mol. The summed E-state index contributed by atoms with van der Waals surface area (Å²) in [5.74, 6) is 1.07. The SMILES string of the molecule is I.NC(N)=NCC(c1ccco1)N1CCCC1. The van der Waals surface area contributed by atoms with Crippen molar-refractivity contribution in [2.75, 3.05) is 19.6 Å². The largest absolute Gasteiger partial charge is 0.468 e. The van der Waals surface area contributed by atoms with Crippen LogP contribution in [0.4, 0.5) is 0 Å². The summed E-state index contributed by atoms with van der Waals surface area (Å²) in [4.78, 5) is 6.46. The molecule has 1 atom stereocenters. The average Bonchev–Trinajstić information content (AvgIpc) is 2.88. The summed E-state index contributed by atoms with van der Waals surface area (Å²) in [6, 6.07) is 4.04. The minimum atomic E-state index is 0. The van der Waals surface area contributed by atoms with E-state index >= 15 is 0 Å². The van der Waals surface area contributed by atoms with Crippen molar-refractivity contribution >= 4 is 29.9 Å². The third-order valence-electron chi connectivity index (χ3n) is 2.90. The summed E-state index contributed by atoms with van der Waals surface area (Å²) in [7, 11) is 0. The van der Waals surface area contributed by atoms with E-state index in [1.54, 1.807) is 6.26 Å². The number of guanidine groups is 1. The molecule has 0 aliphatic carbocycles. The van der Waals surface area contributed by atoms with Gasteiger partial charge < -0.3 is 15.9 Å². The second kappa shape index (κ2) is 6.85. The Balaban J connectivity index is 0.00000144. The highest BCUT2D eigenvalue weighted by Crippen LogP contribution is 2.25. The van der Waals surface area contributed by atoms with Crippen molar-refractivity contribution in [3.8, 4) is 0 Å². The number of rotatable bonds is 4. The maximum atomic E-state index is 5.45. The molecule has 1 saturated heterocycles. The van der Waals surface area contributed by atoms with E-state index in [1.165, 1.54) is 12.8 Å². The van der Waals surface area contributed by atoms with Crippen molar-refractivity contribution in [3.05, 3.63) is 24.2 Å². The van der Waals surface area contributed by atoms with Gasteiger partial charge in [0.25, 0.3) is 0 Å². The zero-order valence-corrected chi connectivity index (χ0v) is 12.0. The zero-order chi connectivity index (χ0) is 11.4. The van der Waals surface area contributed by atoms with E-state index in [4.69, 9.17) is 15.9 Å². The lowest BCUT2D eigenvalue weighted by Crippen LogP contribution is -2.30. The summed E-state index contributed by atoms with van der Waals surface area (Å²) in [6.07, 6.45) is 4.16. The molecule has 2 rings (SSSR count). The predicted molar refractivity (Wildman–Crippen MR) is 78.3 cm³/mol. The first kappa shape index (κ1) is 14.3. The summed E-state index contributed by atoms with van der Waals surface area (Å²) in [5, 5.41) is 0. The van der Waals surface area contributed by atoms with Gasteiger partial charge in [0.2, 0.25) is 0 Å². The van der Waals surface area contributed by atoms with Gasteiger partial charge in [0, 0.05) is 0 Å². The molecular weight excluding hydrogens is 331 g/mol. The Bertz CT molecular complexity index is 342. The van der Waals surface area contributed by atoms with Crippen LogP contribution in [0.1, 0.15) is 24.6 Å². The van der Waals surface area contributed by atoms with Crippen LogP contribution in [0.25, 0.3) is 0 Å². The Morgan fingerprint density at radius 2 is 2.12 bits per heavy atom. The van der Waals surface area contributed by atoms with Gasteiger partial charge >= 0.3 is 0 Å². The molecule has 4 N–H and O–H groups in total. The molecule has 0 spiro atoms. The minimum absolute atomic E-state index is 0. The fraction of sp³-hybridized carbons (Fsp3) is 0.545. The van der Waals surface area contributed by atoms with E-state index in [9.17, 15) is 0 Å². The van der Waals surface area contributed by atoms with E-state index < -0.39 is 0 Å². The fourth-order valence-electron chi connectivity index (χ4n) is 2.11. The summed E-state index contributed by atoms with van der Waals surface area (Å²) in [5.41, 5.74) is 10.7. The molecule has 2 heterocycles. The van der Waals surface area contributed by atoms with Gasteiger partial charge in [0.15, 0.2) is 5.96 Å². The van der Waals surface area contributed by atoms with Crippen molar-refractivity contribution < 1.29 is 4.42 Å². The molecule has 0 bridgehead atoms. The van der Waals surface area contributed by atoms with Crippen LogP contribution in [-0.2, 0) is 0 Å². The lowest BCUT2D eigenvalue weighted by atomic mass is 10.2. The number of furan rings is 1. The smallest absolute Gasteiger partial charge is 0.185 e. The number of nitrogens with zero attached hydrogens (tertiary/aromatic N) is 2. The van der Waals surface area contributed by atoms with Crippen LogP contribution in [0, 0.1) is 0 Å². The topological polar surface area (TPSA) is 80.8 Å². The number of hydrogen-bond acceptors (Lipinski definition) is 3. The van der Waals surface area contributed by atoms with Crippen LogP contribution >= 0.6 is 24.0 Å². The zero-order valence-electron chi connectivity index (χ0n) is 9.71. The molecule has 1 aromatic heterocycles. The summed E-state index contributed by atoms with van der Waals surface area (Å²) in [6.45, 7) is 2.74. The van der Waals surface area contributed by atoms with E-state index in [1.807, 2.05) is 12.1 Å². The van der Waals surface area contributed by atoms with Crippen molar-refractivity contribution in [1.29, 1.82) is 0 Å². The van der Waals surface area contributed by atoms with Crippen LogP contribution in [0.15, 0.2) is 27.8 Å². The maximum absolute atomic E-state index is 5.45. The summed E-state index contributed by atoms with van der Waals surface area (Å²) < 4.78 is 5.45. The molecule has 0 radical (unpaired) electrons. The first-order chi connectivity index (χ1) is 7.77. The van der Waals surface area contributed by atoms with Crippen molar-refractivity contribution in [2.24, 2.45) is 16.5 Å². The molecule has 17 heavy (non-hydrogen) atoms. The van der Waals surface area contributed by atoms with E-state index in [0.29, 0.717) is 6.54 Å². The van der Waals surface area contributed by atoms with E-state index in [-0.39, 0.29) is 36.0 Å². The standard InChI is InChI=1S/C11H18N4O.HI/c12-11(13)14-8-9(10-4-3-7-16-10)15-5-1-2-6-15;/h3-4,7,9H,1-2,5-6,8H2,(H4,12,13,14);1H. The van der Waals surface area contributed by atoms with Crippen molar-refractivity contribution in [2.45, 2.75) is 18.9 Å². The van der Waals surface area contributed by atoms with Crippen molar-refractivity contribution in [1.82, 2.24) is 4.90 Å². The Labute approximate surface area is 118 Å². The third kappa shape index (κ3) is 3.88. The molecule has 1 fully saturated rings. The molecule has 0 saturated carbocycles. The minimum Gasteiger partial charge on any atom is -0.468 e. The molecule has 6 heteroatoms. The normalized spacial score (nSPS) is 17.4. The first-order valence-electron chi connectivity index (χ1n) is 5.60. The number of hydrogen-bond donors (Lipinski definition) is 2. The van der Waals surface area contributed by atoms with Gasteiger partial charge in [-0.05, 0) is 38.1 Å². The highest BCUT2D eigenvalue weighted by molar-refractivity contribution is 14.0. The van der Waals surface area contributed by atoms with Crippen LogP contribution in [-0.4, -0.2) is 30.5 Å². The molecule has 1 unspecified atom stereocenters. The lowest BCUT2D eigenvalue weighted by Gasteiger charge is -2.24. The summed E-state index contributed by atoms with van der Waals surface area (Å²) >= 11 is 0. The molecule has 5 nitrogen and oxygen atoms in total. The Morgan fingerprint density at radius 1 is 1.41 bits per heavy atom. The molecular formula is C11H19IN4O. The second-order valence-corrected chi connectivity index (χ2v) is 4.04. The van der Waals surface area contributed by atoms with Gasteiger partial charge in [-0.25, -0.2) is 0 Å². The monoisotopic (exact) mass is 350 g/mol. The Morgan fingerprint density at radius 3 is 2.65 bits per heavy atom. The third-order valence-corrected chi connectivity index (χ3v) is 2.90. The number of likely N-dealkylation sites (tertiary alicyclic amines) is 1. The number of aliphatic imine (C=N–C) groups is 1. The number of halogens is 1. The van der Waals surface area contributed by atoms with Gasteiger partial charge in [0.05, 0.1) is 18.8 Å². The van der Waals surface area contributed by atoms with Crippen molar-refractivity contribution in [3.63, 3.8) is 0 Å². The molecule has 0 amide bonds. The fourth-order valence-corrected chi connectivity index (χ4v) is 2.11. The van der Waals surface area contributed by atoms with Gasteiger partial charge in [0.1, 0.15) is 5.76 Å². The van der Waals surface area contributed by atoms with Crippen LogP contribution in [0.2, 0.25) is 0 Å². The van der Waals surface area contributed by atoms with E-state index in [2.05, 4.69) is 9.89 Å². The van der Waals surface area contributed by atoms with Gasteiger partial charge in [-0.15, -0.1) is 24.0 Å². The highest BCUT2D eigenvalue weighted by Gasteiger charge is 2.25. The quantitative estimate of drug-likeness (QED) is 0.487. The molecule has 96 valence electrons.